The minimum absolute atomic E-state index is 0.672. The number of aryl methyl sites for hydroxylation is 1. The first-order chi connectivity index (χ1) is 8.76. The van der Waals surface area contributed by atoms with Crippen molar-refractivity contribution < 1.29 is 9.84 Å². The van der Waals surface area contributed by atoms with Crippen LogP contribution in [0.4, 0.5) is 0 Å². The van der Waals surface area contributed by atoms with E-state index in [1.807, 2.05) is 35.0 Å². The Balaban J connectivity index is 2.29. The lowest BCUT2D eigenvalue weighted by atomic mass is 10.1. The Morgan fingerprint density at radius 3 is 2.94 bits per heavy atom. The summed E-state index contributed by atoms with van der Waals surface area (Å²) >= 11 is 0. The molecule has 0 aliphatic heterocycles. The van der Waals surface area contributed by atoms with E-state index >= 15 is 0 Å². The lowest BCUT2D eigenvalue weighted by Crippen LogP contribution is -2.10. The van der Waals surface area contributed by atoms with Gasteiger partial charge in [0.15, 0.2) is 0 Å². The fourth-order valence-electron chi connectivity index (χ4n) is 1.96. The molecule has 0 bridgehead atoms. The first kappa shape index (κ1) is 12.6. The Hall–Kier alpha value is -1.81. The molecule has 96 valence electrons. The van der Waals surface area contributed by atoms with E-state index in [-0.39, 0.29) is 0 Å². The molecule has 4 heteroatoms. The summed E-state index contributed by atoms with van der Waals surface area (Å²) in [5, 5.41) is 14.6. The fraction of sp³-hybridized carbons (Fsp3) is 0.357. The molecule has 0 aliphatic rings. The van der Waals surface area contributed by atoms with Gasteiger partial charge in [0.25, 0.3) is 0 Å². The predicted octanol–water partition coefficient (Wildman–Crippen LogP) is 2.38. The quantitative estimate of drug-likeness (QED) is 0.881. The van der Waals surface area contributed by atoms with Gasteiger partial charge in [0.1, 0.15) is 11.9 Å². The lowest BCUT2D eigenvalue weighted by molar-refractivity contribution is 0.207. The normalized spacial score (nSPS) is 12.4. The topological polar surface area (TPSA) is 47.3 Å². The monoisotopic (exact) mass is 246 g/mol. The molecular weight excluding hydrogens is 228 g/mol. The van der Waals surface area contributed by atoms with E-state index in [1.54, 1.807) is 13.3 Å². The average molecular weight is 246 g/mol. The first-order valence-electron chi connectivity index (χ1n) is 6.10. The van der Waals surface area contributed by atoms with Crippen molar-refractivity contribution >= 4 is 0 Å². The number of ether oxygens (including phenoxy) is 1. The summed E-state index contributed by atoms with van der Waals surface area (Å²) in [5.41, 5.74) is 1.62. The third-order valence-electron chi connectivity index (χ3n) is 2.87. The number of benzene rings is 1. The predicted molar refractivity (Wildman–Crippen MR) is 69.6 cm³/mol. The molecule has 0 aliphatic carbocycles. The molecule has 0 fully saturated rings. The molecular formula is C14H18N2O2. The van der Waals surface area contributed by atoms with E-state index in [2.05, 4.69) is 12.0 Å². The largest absolute Gasteiger partial charge is 0.497 e. The van der Waals surface area contributed by atoms with Crippen LogP contribution >= 0.6 is 0 Å². The summed E-state index contributed by atoms with van der Waals surface area (Å²) in [5.74, 6) is 0.744. The third kappa shape index (κ3) is 2.54. The van der Waals surface area contributed by atoms with Gasteiger partial charge < -0.3 is 9.84 Å². The highest BCUT2D eigenvalue weighted by Gasteiger charge is 2.15. The molecule has 2 rings (SSSR count). The molecule has 2 aromatic rings. The highest BCUT2D eigenvalue weighted by atomic mass is 16.5. The fourth-order valence-corrected chi connectivity index (χ4v) is 1.96. The van der Waals surface area contributed by atoms with Crippen LogP contribution < -0.4 is 4.74 Å². The summed E-state index contributed by atoms with van der Waals surface area (Å²) in [6.45, 7) is 2.90. The number of hydrogen-bond acceptors (Lipinski definition) is 3. The van der Waals surface area contributed by atoms with Gasteiger partial charge in [0, 0.05) is 12.7 Å². The van der Waals surface area contributed by atoms with Crippen LogP contribution in [0, 0.1) is 0 Å². The van der Waals surface area contributed by atoms with Gasteiger partial charge in [-0.2, -0.15) is 5.10 Å². The standard InChI is InChI=1S/C14H18N2O2/c1-3-9-16-13(7-8-15-16)14(17)11-5-4-6-12(10-11)18-2/h4-8,10,14,17H,3,9H2,1-2H3. The third-order valence-corrected chi connectivity index (χ3v) is 2.87. The van der Waals surface area contributed by atoms with Gasteiger partial charge in [0.05, 0.1) is 12.8 Å². The second-order valence-electron chi connectivity index (χ2n) is 4.16. The van der Waals surface area contributed by atoms with Gasteiger partial charge in [-0.25, -0.2) is 0 Å². The zero-order valence-corrected chi connectivity index (χ0v) is 10.7. The molecule has 1 heterocycles. The zero-order valence-electron chi connectivity index (χ0n) is 10.7. The van der Waals surface area contributed by atoms with Crippen molar-refractivity contribution in [2.75, 3.05) is 7.11 Å². The maximum absolute atomic E-state index is 10.4. The molecule has 1 aromatic heterocycles. The average Bonchev–Trinajstić information content (AvgIpc) is 2.86. The van der Waals surface area contributed by atoms with Gasteiger partial charge in [-0.3, -0.25) is 4.68 Å². The van der Waals surface area contributed by atoms with E-state index in [0.717, 1.165) is 30.0 Å². The number of hydrogen-bond donors (Lipinski definition) is 1. The summed E-state index contributed by atoms with van der Waals surface area (Å²) in [6, 6.07) is 9.31. The number of aliphatic hydroxyl groups excluding tert-OH is 1. The van der Waals surface area contributed by atoms with Gasteiger partial charge >= 0.3 is 0 Å². The highest BCUT2D eigenvalue weighted by Crippen LogP contribution is 2.24. The molecule has 0 saturated carbocycles. The van der Waals surface area contributed by atoms with Crippen LogP contribution in [0.1, 0.15) is 30.7 Å². The van der Waals surface area contributed by atoms with Crippen molar-refractivity contribution in [1.29, 1.82) is 0 Å². The summed E-state index contributed by atoms with van der Waals surface area (Å²) in [7, 11) is 1.62. The molecule has 0 spiro atoms. The first-order valence-corrected chi connectivity index (χ1v) is 6.10. The van der Waals surface area contributed by atoms with Crippen molar-refractivity contribution in [2.24, 2.45) is 0 Å². The van der Waals surface area contributed by atoms with Gasteiger partial charge in [-0.05, 0) is 30.2 Å². The van der Waals surface area contributed by atoms with E-state index < -0.39 is 6.10 Å². The molecule has 1 atom stereocenters. The minimum atomic E-state index is -0.672. The lowest BCUT2D eigenvalue weighted by Gasteiger charge is -2.14. The number of methoxy groups -OCH3 is 1. The molecule has 0 saturated heterocycles. The van der Waals surface area contributed by atoms with Crippen molar-refractivity contribution in [1.82, 2.24) is 9.78 Å². The van der Waals surface area contributed by atoms with Crippen LogP contribution in [0.15, 0.2) is 36.5 Å². The van der Waals surface area contributed by atoms with Gasteiger partial charge in [0.2, 0.25) is 0 Å². The summed E-state index contributed by atoms with van der Waals surface area (Å²) in [4.78, 5) is 0. The van der Waals surface area contributed by atoms with E-state index in [9.17, 15) is 5.11 Å². The molecule has 0 amide bonds. The molecule has 1 unspecified atom stereocenters. The Bertz CT molecular complexity index is 508. The van der Waals surface area contributed by atoms with E-state index in [1.165, 1.54) is 0 Å². The van der Waals surface area contributed by atoms with Crippen LogP contribution in [0.3, 0.4) is 0 Å². The van der Waals surface area contributed by atoms with Crippen molar-refractivity contribution in [3.05, 3.63) is 47.8 Å². The van der Waals surface area contributed by atoms with Gasteiger partial charge in [-0.1, -0.05) is 19.1 Å². The number of rotatable bonds is 5. The Kier molecular flexibility index (Phi) is 3.99. The summed E-state index contributed by atoms with van der Waals surface area (Å²) in [6.07, 6.45) is 2.03. The zero-order chi connectivity index (χ0) is 13.0. The maximum Gasteiger partial charge on any atom is 0.121 e. The molecule has 0 radical (unpaired) electrons. The van der Waals surface area contributed by atoms with Crippen LogP contribution in [0.2, 0.25) is 0 Å². The molecule has 4 nitrogen and oxygen atoms in total. The number of aromatic nitrogens is 2. The maximum atomic E-state index is 10.4. The van der Waals surface area contributed by atoms with Crippen LogP contribution in [-0.4, -0.2) is 22.0 Å². The smallest absolute Gasteiger partial charge is 0.121 e. The second kappa shape index (κ2) is 5.69. The van der Waals surface area contributed by atoms with Crippen molar-refractivity contribution in [3.8, 4) is 5.75 Å². The Morgan fingerprint density at radius 2 is 2.22 bits per heavy atom. The van der Waals surface area contributed by atoms with E-state index in [4.69, 9.17) is 4.74 Å². The summed E-state index contributed by atoms with van der Waals surface area (Å²) < 4.78 is 7.00. The Labute approximate surface area is 107 Å². The van der Waals surface area contributed by atoms with Crippen LogP contribution in [0.25, 0.3) is 0 Å². The number of aliphatic hydroxyl groups is 1. The molecule has 1 aromatic carbocycles. The van der Waals surface area contributed by atoms with Gasteiger partial charge in [-0.15, -0.1) is 0 Å². The molecule has 1 N–H and O–H groups in total. The van der Waals surface area contributed by atoms with Crippen molar-refractivity contribution in [3.63, 3.8) is 0 Å². The minimum Gasteiger partial charge on any atom is -0.497 e. The SMILES string of the molecule is CCCn1nccc1C(O)c1cccc(OC)c1. The van der Waals surface area contributed by atoms with Crippen molar-refractivity contribution in [2.45, 2.75) is 26.0 Å². The second-order valence-corrected chi connectivity index (χ2v) is 4.16. The Morgan fingerprint density at radius 1 is 1.39 bits per heavy atom. The van der Waals surface area contributed by atoms with E-state index in [0.29, 0.717) is 0 Å². The van der Waals surface area contributed by atoms with Crippen LogP contribution in [-0.2, 0) is 6.54 Å². The highest BCUT2D eigenvalue weighted by molar-refractivity contribution is 5.33. The number of nitrogens with zero attached hydrogens (tertiary/aromatic N) is 2. The van der Waals surface area contributed by atoms with Crippen LogP contribution in [0.5, 0.6) is 5.75 Å². The molecule has 18 heavy (non-hydrogen) atoms.